The van der Waals surface area contributed by atoms with Crippen molar-refractivity contribution < 1.29 is 9.53 Å². The van der Waals surface area contributed by atoms with Crippen LogP contribution in [0.3, 0.4) is 0 Å². The third-order valence-electron chi connectivity index (χ3n) is 3.69. The summed E-state index contributed by atoms with van der Waals surface area (Å²) < 4.78 is 5.16. The highest BCUT2D eigenvalue weighted by Crippen LogP contribution is 2.23. The van der Waals surface area contributed by atoms with Crippen LogP contribution in [-0.4, -0.2) is 19.1 Å². The van der Waals surface area contributed by atoms with Crippen LogP contribution in [0.2, 0.25) is 0 Å². The van der Waals surface area contributed by atoms with Gasteiger partial charge in [0, 0.05) is 18.5 Å². The lowest BCUT2D eigenvalue weighted by atomic mass is 9.85. The molecule has 0 bridgehead atoms. The quantitative estimate of drug-likeness (QED) is 0.870. The lowest BCUT2D eigenvalue weighted by Crippen LogP contribution is -2.37. The van der Waals surface area contributed by atoms with Crippen LogP contribution in [0.5, 0.6) is 5.75 Å². The second-order valence-electron chi connectivity index (χ2n) is 5.19. The number of hydrogen-bond acceptors (Lipinski definition) is 3. The van der Waals surface area contributed by atoms with Crippen molar-refractivity contribution in [2.75, 3.05) is 7.11 Å². The Morgan fingerprint density at radius 1 is 1.47 bits per heavy atom. The summed E-state index contributed by atoms with van der Waals surface area (Å²) in [5.41, 5.74) is 6.96. The molecule has 104 valence electrons. The minimum atomic E-state index is 0.0781. The molecular formula is C15H22N2O2. The van der Waals surface area contributed by atoms with Crippen molar-refractivity contribution in [1.82, 2.24) is 5.32 Å². The Balaban J connectivity index is 1.85. The van der Waals surface area contributed by atoms with Crippen LogP contribution in [0.15, 0.2) is 24.3 Å². The van der Waals surface area contributed by atoms with Crippen LogP contribution in [-0.2, 0) is 11.3 Å². The number of hydrogen-bond donors (Lipinski definition) is 2. The first-order valence-electron chi connectivity index (χ1n) is 6.85. The van der Waals surface area contributed by atoms with Gasteiger partial charge in [-0.3, -0.25) is 4.79 Å². The number of carbonyl (C=O) groups excluding carboxylic acids is 1. The summed E-state index contributed by atoms with van der Waals surface area (Å²) in [6.07, 6.45) is 3.86. The number of rotatable bonds is 4. The Hall–Kier alpha value is -1.55. The van der Waals surface area contributed by atoms with Gasteiger partial charge in [0.15, 0.2) is 0 Å². The van der Waals surface area contributed by atoms with Crippen molar-refractivity contribution >= 4 is 5.91 Å². The van der Waals surface area contributed by atoms with Gasteiger partial charge in [0.2, 0.25) is 5.91 Å². The van der Waals surface area contributed by atoms with Gasteiger partial charge in [-0.1, -0.05) is 18.6 Å². The summed E-state index contributed by atoms with van der Waals surface area (Å²) in [4.78, 5) is 12.1. The second kappa shape index (κ2) is 6.57. The summed E-state index contributed by atoms with van der Waals surface area (Å²) in [6.45, 7) is 0.543. The van der Waals surface area contributed by atoms with Crippen molar-refractivity contribution in [2.24, 2.45) is 11.7 Å². The number of ether oxygens (including phenoxy) is 1. The number of nitrogens with two attached hydrogens (primary N) is 1. The van der Waals surface area contributed by atoms with Crippen LogP contribution in [0.1, 0.15) is 31.2 Å². The molecule has 19 heavy (non-hydrogen) atoms. The summed E-state index contributed by atoms with van der Waals surface area (Å²) in [5.74, 6) is 1.01. The number of amides is 1. The van der Waals surface area contributed by atoms with Crippen molar-refractivity contribution in [3.63, 3.8) is 0 Å². The molecule has 1 aliphatic rings. The SMILES string of the molecule is COc1cccc(CNC(=O)C2CCCC(N)C2)c1. The van der Waals surface area contributed by atoms with E-state index in [1.807, 2.05) is 24.3 Å². The molecule has 4 nitrogen and oxygen atoms in total. The predicted octanol–water partition coefficient (Wildman–Crippen LogP) is 1.83. The fraction of sp³-hybridized carbons (Fsp3) is 0.533. The van der Waals surface area contributed by atoms with E-state index in [2.05, 4.69) is 5.32 Å². The average molecular weight is 262 g/mol. The molecule has 1 saturated carbocycles. The highest BCUT2D eigenvalue weighted by atomic mass is 16.5. The maximum Gasteiger partial charge on any atom is 0.223 e. The summed E-state index contributed by atoms with van der Waals surface area (Å²) in [6, 6.07) is 7.92. The molecule has 0 aliphatic heterocycles. The number of methoxy groups -OCH3 is 1. The summed E-state index contributed by atoms with van der Waals surface area (Å²) in [5, 5.41) is 2.99. The van der Waals surface area contributed by atoms with Gasteiger partial charge in [-0.2, -0.15) is 0 Å². The molecule has 3 N–H and O–H groups in total. The molecule has 1 aromatic carbocycles. The standard InChI is InChI=1S/C15H22N2O2/c1-19-14-7-2-4-11(8-14)10-17-15(18)12-5-3-6-13(16)9-12/h2,4,7-8,12-13H,3,5-6,9-10,16H2,1H3,(H,17,18). The Labute approximate surface area is 114 Å². The van der Waals surface area contributed by atoms with E-state index in [1.54, 1.807) is 7.11 Å². The van der Waals surface area contributed by atoms with Gasteiger partial charge in [-0.25, -0.2) is 0 Å². The third kappa shape index (κ3) is 3.96. The van der Waals surface area contributed by atoms with E-state index in [-0.39, 0.29) is 17.9 Å². The molecular weight excluding hydrogens is 240 g/mol. The zero-order valence-corrected chi connectivity index (χ0v) is 11.4. The van der Waals surface area contributed by atoms with Crippen LogP contribution in [0, 0.1) is 5.92 Å². The molecule has 1 amide bonds. The minimum absolute atomic E-state index is 0.0781. The summed E-state index contributed by atoms with van der Waals surface area (Å²) in [7, 11) is 1.64. The maximum absolute atomic E-state index is 12.1. The Morgan fingerprint density at radius 2 is 2.32 bits per heavy atom. The van der Waals surface area contributed by atoms with Crippen molar-refractivity contribution in [1.29, 1.82) is 0 Å². The van der Waals surface area contributed by atoms with E-state index in [4.69, 9.17) is 10.5 Å². The molecule has 0 heterocycles. The van der Waals surface area contributed by atoms with Crippen molar-refractivity contribution in [3.8, 4) is 5.75 Å². The van der Waals surface area contributed by atoms with Crippen molar-refractivity contribution in [2.45, 2.75) is 38.3 Å². The molecule has 4 heteroatoms. The van der Waals surface area contributed by atoms with Gasteiger partial charge in [0.1, 0.15) is 5.75 Å². The highest BCUT2D eigenvalue weighted by Gasteiger charge is 2.24. The Morgan fingerprint density at radius 3 is 3.05 bits per heavy atom. The van der Waals surface area contributed by atoms with Gasteiger partial charge < -0.3 is 15.8 Å². The first-order valence-corrected chi connectivity index (χ1v) is 6.85. The maximum atomic E-state index is 12.1. The van der Waals surface area contributed by atoms with Crippen LogP contribution >= 0.6 is 0 Å². The lowest BCUT2D eigenvalue weighted by Gasteiger charge is -2.25. The van der Waals surface area contributed by atoms with Crippen molar-refractivity contribution in [3.05, 3.63) is 29.8 Å². The topological polar surface area (TPSA) is 64.3 Å². The van der Waals surface area contributed by atoms with E-state index in [0.29, 0.717) is 6.54 Å². The zero-order valence-electron chi connectivity index (χ0n) is 11.4. The molecule has 0 spiro atoms. The molecule has 0 radical (unpaired) electrons. The first kappa shape index (κ1) is 13.9. The van der Waals surface area contributed by atoms with Gasteiger partial charge in [0.05, 0.1) is 7.11 Å². The Kier molecular flexibility index (Phi) is 4.80. The van der Waals surface area contributed by atoms with E-state index in [0.717, 1.165) is 37.0 Å². The molecule has 1 fully saturated rings. The number of carbonyl (C=O) groups is 1. The highest BCUT2D eigenvalue weighted by molar-refractivity contribution is 5.78. The van der Waals surface area contributed by atoms with Crippen LogP contribution in [0.4, 0.5) is 0 Å². The predicted molar refractivity (Wildman–Crippen MR) is 74.8 cm³/mol. The van der Waals surface area contributed by atoms with Gasteiger partial charge in [0.25, 0.3) is 0 Å². The molecule has 2 rings (SSSR count). The van der Waals surface area contributed by atoms with E-state index < -0.39 is 0 Å². The molecule has 1 aliphatic carbocycles. The Bertz CT molecular complexity index is 434. The molecule has 0 saturated heterocycles. The van der Waals surface area contributed by atoms with Crippen LogP contribution < -0.4 is 15.8 Å². The molecule has 2 atom stereocenters. The van der Waals surface area contributed by atoms with Gasteiger partial charge >= 0.3 is 0 Å². The fourth-order valence-electron chi connectivity index (χ4n) is 2.58. The summed E-state index contributed by atoms with van der Waals surface area (Å²) >= 11 is 0. The van der Waals surface area contributed by atoms with E-state index >= 15 is 0 Å². The monoisotopic (exact) mass is 262 g/mol. The van der Waals surface area contributed by atoms with E-state index in [9.17, 15) is 4.79 Å². The number of benzene rings is 1. The third-order valence-corrected chi connectivity index (χ3v) is 3.69. The average Bonchev–Trinajstić information content (AvgIpc) is 2.45. The zero-order chi connectivity index (χ0) is 13.7. The normalized spacial score (nSPS) is 22.8. The second-order valence-corrected chi connectivity index (χ2v) is 5.19. The first-order chi connectivity index (χ1) is 9.19. The largest absolute Gasteiger partial charge is 0.497 e. The molecule has 2 unspecified atom stereocenters. The van der Waals surface area contributed by atoms with Gasteiger partial charge in [-0.05, 0) is 37.0 Å². The van der Waals surface area contributed by atoms with E-state index in [1.165, 1.54) is 0 Å². The van der Waals surface area contributed by atoms with Gasteiger partial charge in [-0.15, -0.1) is 0 Å². The lowest BCUT2D eigenvalue weighted by molar-refractivity contribution is -0.126. The fourth-order valence-corrected chi connectivity index (χ4v) is 2.58. The smallest absolute Gasteiger partial charge is 0.223 e. The number of nitrogens with one attached hydrogen (secondary N) is 1. The molecule has 1 aromatic rings. The van der Waals surface area contributed by atoms with Crippen LogP contribution in [0.25, 0.3) is 0 Å². The minimum Gasteiger partial charge on any atom is -0.497 e. The molecule has 0 aromatic heterocycles.